The van der Waals surface area contributed by atoms with Crippen LogP contribution in [-0.2, 0) is 4.74 Å². The second-order valence-electron chi connectivity index (χ2n) is 4.30. The fourth-order valence-corrected chi connectivity index (χ4v) is 2.42. The molecular formula is C12H22N2OS. The minimum absolute atomic E-state index is 0.350. The van der Waals surface area contributed by atoms with Crippen molar-refractivity contribution in [3.05, 3.63) is 16.6 Å². The summed E-state index contributed by atoms with van der Waals surface area (Å²) < 4.78 is 5.25. The van der Waals surface area contributed by atoms with Gasteiger partial charge >= 0.3 is 0 Å². The van der Waals surface area contributed by atoms with Crippen molar-refractivity contribution >= 4 is 11.3 Å². The smallest absolute Gasteiger partial charge is 0.109 e. The third-order valence-electron chi connectivity index (χ3n) is 2.72. The summed E-state index contributed by atoms with van der Waals surface area (Å²) in [7, 11) is 1.75. The first-order valence-electron chi connectivity index (χ1n) is 5.83. The number of aromatic nitrogens is 1. The van der Waals surface area contributed by atoms with E-state index in [-0.39, 0.29) is 0 Å². The maximum atomic E-state index is 5.25. The van der Waals surface area contributed by atoms with Crippen LogP contribution in [0.2, 0.25) is 0 Å². The molecule has 0 aliphatic heterocycles. The normalized spacial score (nSPS) is 15.3. The lowest BCUT2D eigenvalue weighted by atomic mass is 10.0. The van der Waals surface area contributed by atoms with Gasteiger partial charge in [0.15, 0.2) is 0 Å². The number of methoxy groups -OCH3 is 1. The van der Waals surface area contributed by atoms with Gasteiger partial charge in [0, 0.05) is 24.7 Å². The Bertz CT molecular complexity index is 275. The first-order valence-corrected chi connectivity index (χ1v) is 6.71. The van der Waals surface area contributed by atoms with Gasteiger partial charge in [-0.15, -0.1) is 11.3 Å². The zero-order valence-electron chi connectivity index (χ0n) is 10.6. The highest BCUT2D eigenvalue weighted by Crippen LogP contribution is 2.20. The second-order valence-corrected chi connectivity index (χ2v) is 5.23. The molecule has 92 valence electrons. The molecule has 0 aliphatic carbocycles. The fourth-order valence-electron chi connectivity index (χ4n) is 1.64. The molecule has 0 spiro atoms. The summed E-state index contributed by atoms with van der Waals surface area (Å²) in [5.74, 6) is 0.564. The maximum absolute atomic E-state index is 5.25. The van der Waals surface area contributed by atoms with E-state index >= 15 is 0 Å². The fraction of sp³-hybridized carbons (Fsp3) is 0.750. The van der Waals surface area contributed by atoms with Gasteiger partial charge in [0.1, 0.15) is 5.01 Å². The average molecular weight is 242 g/mol. The minimum Gasteiger partial charge on any atom is -0.383 e. The number of nitrogens with zero attached hydrogens (tertiary/aromatic N) is 1. The van der Waals surface area contributed by atoms with Crippen LogP contribution >= 0.6 is 11.3 Å². The summed E-state index contributed by atoms with van der Waals surface area (Å²) in [6.45, 7) is 7.36. The molecule has 0 saturated carbocycles. The minimum atomic E-state index is 0.350. The van der Waals surface area contributed by atoms with E-state index in [0.717, 1.165) is 13.0 Å². The van der Waals surface area contributed by atoms with E-state index in [1.165, 1.54) is 5.01 Å². The first-order chi connectivity index (χ1) is 7.69. The van der Waals surface area contributed by atoms with Crippen LogP contribution in [0.15, 0.2) is 11.6 Å². The van der Waals surface area contributed by atoms with Crippen molar-refractivity contribution in [2.75, 3.05) is 13.7 Å². The highest BCUT2D eigenvalue weighted by molar-refractivity contribution is 7.09. The van der Waals surface area contributed by atoms with Crippen LogP contribution in [-0.4, -0.2) is 24.7 Å². The molecule has 0 amide bonds. The van der Waals surface area contributed by atoms with E-state index in [1.807, 2.05) is 11.6 Å². The van der Waals surface area contributed by atoms with E-state index in [4.69, 9.17) is 4.74 Å². The van der Waals surface area contributed by atoms with Crippen LogP contribution in [0.4, 0.5) is 0 Å². The molecular weight excluding hydrogens is 220 g/mol. The molecule has 0 fully saturated rings. The number of hydrogen-bond acceptors (Lipinski definition) is 4. The predicted molar refractivity (Wildman–Crippen MR) is 68.8 cm³/mol. The van der Waals surface area contributed by atoms with Crippen LogP contribution in [0, 0.1) is 5.92 Å². The summed E-state index contributed by atoms with van der Waals surface area (Å²) in [6.07, 6.45) is 2.92. The number of rotatable bonds is 7. The Hall–Kier alpha value is -0.450. The maximum Gasteiger partial charge on any atom is 0.109 e. The lowest BCUT2D eigenvalue weighted by Gasteiger charge is -2.26. The third-order valence-corrected chi connectivity index (χ3v) is 3.61. The number of ether oxygens (including phenoxy) is 1. The topological polar surface area (TPSA) is 34.1 Å². The first kappa shape index (κ1) is 13.6. The number of hydrogen-bond donors (Lipinski definition) is 1. The van der Waals surface area contributed by atoms with Crippen LogP contribution in [0.3, 0.4) is 0 Å². The molecule has 1 aromatic rings. The molecule has 0 aromatic carbocycles. The van der Waals surface area contributed by atoms with Gasteiger partial charge in [-0.3, -0.25) is 0 Å². The van der Waals surface area contributed by atoms with Gasteiger partial charge in [-0.1, -0.05) is 20.8 Å². The monoisotopic (exact) mass is 242 g/mol. The zero-order valence-corrected chi connectivity index (χ0v) is 11.4. The van der Waals surface area contributed by atoms with E-state index in [1.54, 1.807) is 18.4 Å². The van der Waals surface area contributed by atoms with Crippen molar-refractivity contribution in [3.8, 4) is 0 Å². The van der Waals surface area contributed by atoms with Gasteiger partial charge in [0.05, 0.1) is 12.6 Å². The molecule has 4 heteroatoms. The molecule has 1 rings (SSSR count). The van der Waals surface area contributed by atoms with Gasteiger partial charge in [-0.25, -0.2) is 4.98 Å². The van der Waals surface area contributed by atoms with Gasteiger partial charge in [0.25, 0.3) is 0 Å². The second kappa shape index (κ2) is 6.99. The average Bonchev–Trinajstić information content (AvgIpc) is 2.77. The third kappa shape index (κ3) is 3.85. The molecule has 1 N–H and O–H groups in total. The molecule has 0 bridgehead atoms. The van der Waals surface area contributed by atoms with Crippen molar-refractivity contribution in [2.45, 2.75) is 39.3 Å². The van der Waals surface area contributed by atoms with Crippen LogP contribution < -0.4 is 5.32 Å². The van der Waals surface area contributed by atoms with Crippen LogP contribution in [0.5, 0.6) is 0 Å². The van der Waals surface area contributed by atoms with Gasteiger partial charge < -0.3 is 10.1 Å². The molecule has 3 nitrogen and oxygen atoms in total. The van der Waals surface area contributed by atoms with Gasteiger partial charge in [0.2, 0.25) is 0 Å². The van der Waals surface area contributed by atoms with Crippen molar-refractivity contribution in [3.63, 3.8) is 0 Å². The Morgan fingerprint density at radius 2 is 2.25 bits per heavy atom. The molecule has 2 atom stereocenters. The van der Waals surface area contributed by atoms with Crippen molar-refractivity contribution in [2.24, 2.45) is 5.92 Å². The SMILES string of the molecule is CCC(NC(COC)C(C)C)c1nccs1. The molecule has 0 radical (unpaired) electrons. The zero-order chi connectivity index (χ0) is 12.0. The lowest BCUT2D eigenvalue weighted by Crippen LogP contribution is -2.40. The van der Waals surface area contributed by atoms with Gasteiger partial charge in [-0.05, 0) is 12.3 Å². The number of thiazole rings is 1. The lowest BCUT2D eigenvalue weighted by molar-refractivity contribution is 0.139. The van der Waals surface area contributed by atoms with E-state index in [2.05, 4.69) is 31.1 Å². The highest BCUT2D eigenvalue weighted by atomic mass is 32.1. The predicted octanol–water partition coefficient (Wildman–Crippen LogP) is 2.85. The molecule has 0 aliphatic rings. The molecule has 16 heavy (non-hydrogen) atoms. The standard InChI is InChI=1S/C12H22N2OS/c1-5-10(12-13-6-7-16-12)14-11(8-15-4)9(2)3/h6-7,9-11,14H,5,8H2,1-4H3. The molecule has 1 heterocycles. The Kier molecular flexibility index (Phi) is 5.95. The van der Waals surface area contributed by atoms with Crippen molar-refractivity contribution in [1.82, 2.24) is 10.3 Å². The van der Waals surface area contributed by atoms with E-state index in [0.29, 0.717) is 18.0 Å². The summed E-state index contributed by atoms with van der Waals surface area (Å²) in [5.41, 5.74) is 0. The van der Waals surface area contributed by atoms with Crippen LogP contribution in [0.1, 0.15) is 38.2 Å². The largest absolute Gasteiger partial charge is 0.383 e. The Labute approximate surface area is 102 Å². The van der Waals surface area contributed by atoms with Gasteiger partial charge in [-0.2, -0.15) is 0 Å². The van der Waals surface area contributed by atoms with E-state index < -0.39 is 0 Å². The van der Waals surface area contributed by atoms with Crippen molar-refractivity contribution < 1.29 is 4.74 Å². The Balaban J connectivity index is 2.60. The van der Waals surface area contributed by atoms with Crippen LogP contribution in [0.25, 0.3) is 0 Å². The van der Waals surface area contributed by atoms with Crippen molar-refractivity contribution in [1.29, 1.82) is 0 Å². The summed E-state index contributed by atoms with van der Waals surface area (Å²) in [5, 5.41) is 6.83. The molecule has 1 aromatic heterocycles. The Morgan fingerprint density at radius 3 is 2.69 bits per heavy atom. The Morgan fingerprint density at radius 1 is 1.50 bits per heavy atom. The summed E-state index contributed by atoms with van der Waals surface area (Å²) in [4.78, 5) is 4.38. The number of nitrogens with one attached hydrogen (secondary N) is 1. The van der Waals surface area contributed by atoms with E-state index in [9.17, 15) is 0 Å². The summed E-state index contributed by atoms with van der Waals surface area (Å²) >= 11 is 1.71. The molecule has 0 saturated heterocycles. The quantitative estimate of drug-likeness (QED) is 0.798. The molecule has 2 unspecified atom stereocenters. The highest BCUT2D eigenvalue weighted by Gasteiger charge is 2.19. The summed E-state index contributed by atoms with van der Waals surface area (Å²) in [6, 6.07) is 0.737.